The van der Waals surface area contributed by atoms with Crippen LogP contribution in [0, 0.1) is 12.8 Å². The molecule has 0 bridgehead atoms. The third-order valence-corrected chi connectivity index (χ3v) is 3.13. The highest BCUT2D eigenvalue weighted by Gasteiger charge is 2.39. The average Bonchev–Trinajstić information content (AvgIpc) is 2.89. The monoisotopic (exact) mass is 247 g/mol. The summed E-state index contributed by atoms with van der Waals surface area (Å²) in [6.45, 7) is 8.33. The van der Waals surface area contributed by atoms with Gasteiger partial charge < -0.3 is 4.98 Å². The van der Waals surface area contributed by atoms with Crippen LogP contribution in [-0.4, -0.2) is 46.4 Å². The molecule has 3 rings (SSSR count). The van der Waals surface area contributed by atoms with Gasteiger partial charge in [0.2, 0.25) is 5.96 Å². The van der Waals surface area contributed by atoms with Gasteiger partial charge in [0.15, 0.2) is 5.82 Å². The van der Waals surface area contributed by atoms with Crippen molar-refractivity contribution < 1.29 is 4.79 Å². The Bertz CT molecular complexity index is 531. The van der Waals surface area contributed by atoms with Crippen molar-refractivity contribution in [2.75, 3.05) is 24.5 Å². The molecule has 1 aromatic rings. The van der Waals surface area contributed by atoms with E-state index in [0.29, 0.717) is 24.7 Å². The Morgan fingerprint density at radius 2 is 2.22 bits per heavy atom. The van der Waals surface area contributed by atoms with Crippen LogP contribution >= 0.6 is 0 Å². The summed E-state index contributed by atoms with van der Waals surface area (Å²) in [5.41, 5.74) is 0.592. The van der Waals surface area contributed by atoms with E-state index >= 15 is 0 Å². The van der Waals surface area contributed by atoms with Crippen LogP contribution in [0.1, 0.15) is 30.2 Å². The van der Waals surface area contributed by atoms with Gasteiger partial charge in [0.1, 0.15) is 11.5 Å². The van der Waals surface area contributed by atoms with Gasteiger partial charge in [0.05, 0.1) is 6.54 Å². The first-order chi connectivity index (χ1) is 8.58. The molecule has 2 aliphatic heterocycles. The first kappa shape index (κ1) is 11.3. The van der Waals surface area contributed by atoms with Gasteiger partial charge in [-0.05, 0) is 12.8 Å². The number of aromatic nitrogens is 2. The van der Waals surface area contributed by atoms with Crippen molar-refractivity contribution in [1.29, 1.82) is 0 Å². The number of carbonyl (C=O) groups excluding carboxylic acids is 1. The summed E-state index contributed by atoms with van der Waals surface area (Å²) < 4.78 is 0. The van der Waals surface area contributed by atoms with E-state index in [0.717, 1.165) is 24.1 Å². The highest BCUT2D eigenvalue weighted by atomic mass is 16.2. The predicted molar refractivity (Wildman–Crippen MR) is 68.8 cm³/mol. The fourth-order valence-corrected chi connectivity index (χ4v) is 2.45. The van der Waals surface area contributed by atoms with Crippen LogP contribution in [0.5, 0.6) is 0 Å². The van der Waals surface area contributed by atoms with Gasteiger partial charge in [-0.1, -0.05) is 13.8 Å². The minimum Gasteiger partial charge on any atom is -0.336 e. The zero-order valence-electron chi connectivity index (χ0n) is 10.9. The van der Waals surface area contributed by atoms with Crippen molar-refractivity contribution in [3.05, 3.63) is 11.5 Å². The molecule has 0 saturated carbocycles. The molecule has 0 unspecified atom stereocenters. The highest BCUT2D eigenvalue weighted by molar-refractivity contribution is 6.17. The zero-order chi connectivity index (χ0) is 12.9. The molecule has 0 fully saturated rings. The van der Waals surface area contributed by atoms with Crippen LogP contribution in [-0.2, 0) is 0 Å². The maximum atomic E-state index is 12.3. The quantitative estimate of drug-likeness (QED) is 0.848. The molecule has 0 saturated heterocycles. The van der Waals surface area contributed by atoms with Gasteiger partial charge in [-0.3, -0.25) is 19.6 Å². The standard InChI is InChI=1S/C12H17N5O/c1-7(2)6-17-10-9(14-8(3)15-10)11(18)16-5-4-13-12(16)17/h7H,4-6H2,1-3H3,(H,14,15). The van der Waals surface area contributed by atoms with E-state index in [2.05, 4.69) is 33.7 Å². The lowest BCUT2D eigenvalue weighted by Gasteiger charge is -2.33. The summed E-state index contributed by atoms with van der Waals surface area (Å²) in [6, 6.07) is 0. The SMILES string of the molecule is Cc1nc2c([nH]1)C(=O)N1CCN=C1N2CC(C)C. The van der Waals surface area contributed by atoms with E-state index in [4.69, 9.17) is 0 Å². The maximum absolute atomic E-state index is 12.3. The molecule has 1 N–H and O–H groups in total. The summed E-state index contributed by atoms with van der Waals surface area (Å²) >= 11 is 0. The van der Waals surface area contributed by atoms with E-state index in [9.17, 15) is 4.79 Å². The molecule has 18 heavy (non-hydrogen) atoms. The molecule has 0 atom stereocenters. The Morgan fingerprint density at radius 3 is 2.94 bits per heavy atom. The zero-order valence-corrected chi connectivity index (χ0v) is 10.9. The molecule has 2 aliphatic rings. The van der Waals surface area contributed by atoms with Crippen molar-refractivity contribution in [3.8, 4) is 0 Å². The molecule has 0 spiro atoms. The number of H-pyrrole nitrogens is 1. The number of carbonyl (C=O) groups is 1. The summed E-state index contributed by atoms with van der Waals surface area (Å²) in [7, 11) is 0. The van der Waals surface area contributed by atoms with Crippen LogP contribution in [0.4, 0.5) is 5.82 Å². The van der Waals surface area contributed by atoms with Crippen molar-refractivity contribution in [2.24, 2.45) is 10.9 Å². The first-order valence-electron chi connectivity index (χ1n) is 6.28. The number of nitrogens with zero attached hydrogens (tertiary/aromatic N) is 4. The number of aliphatic imine (C=N–C) groups is 1. The fraction of sp³-hybridized carbons (Fsp3) is 0.583. The molecule has 0 radical (unpaired) electrons. The Hall–Kier alpha value is -1.85. The molecule has 0 aromatic carbocycles. The van der Waals surface area contributed by atoms with Crippen LogP contribution in [0.2, 0.25) is 0 Å². The molecular formula is C12H17N5O. The number of rotatable bonds is 2. The molecule has 1 aromatic heterocycles. The van der Waals surface area contributed by atoms with Gasteiger partial charge in [0, 0.05) is 13.1 Å². The highest BCUT2D eigenvalue weighted by Crippen LogP contribution is 2.28. The van der Waals surface area contributed by atoms with Crippen molar-refractivity contribution in [2.45, 2.75) is 20.8 Å². The Labute approximate surface area is 106 Å². The summed E-state index contributed by atoms with van der Waals surface area (Å²) in [5, 5.41) is 0. The normalized spacial score (nSPS) is 18.2. The molecule has 0 aliphatic carbocycles. The number of amides is 1. The number of hydrogen-bond acceptors (Lipinski definition) is 4. The smallest absolute Gasteiger partial charge is 0.280 e. The van der Waals surface area contributed by atoms with Crippen LogP contribution in [0.25, 0.3) is 0 Å². The molecule has 1 amide bonds. The third kappa shape index (κ3) is 1.52. The van der Waals surface area contributed by atoms with Gasteiger partial charge in [-0.15, -0.1) is 0 Å². The maximum Gasteiger partial charge on any atom is 0.280 e. The minimum atomic E-state index is -0.0122. The average molecular weight is 247 g/mol. The first-order valence-corrected chi connectivity index (χ1v) is 6.28. The lowest BCUT2D eigenvalue weighted by atomic mass is 10.2. The molecule has 96 valence electrons. The second-order valence-electron chi connectivity index (χ2n) is 5.16. The van der Waals surface area contributed by atoms with Crippen LogP contribution in [0.3, 0.4) is 0 Å². The van der Waals surface area contributed by atoms with E-state index < -0.39 is 0 Å². The Kier molecular flexibility index (Phi) is 2.39. The number of fused-ring (bicyclic) bond motifs is 2. The number of anilines is 1. The summed E-state index contributed by atoms with van der Waals surface area (Å²) in [4.78, 5) is 28.0. The van der Waals surface area contributed by atoms with Gasteiger partial charge in [0.25, 0.3) is 5.91 Å². The molecule has 3 heterocycles. The van der Waals surface area contributed by atoms with E-state index in [1.807, 2.05) is 6.92 Å². The van der Waals surface area contributed by atoms with Gasteiger partial charge in [-0.25, -0.2) is 4.98 Å². The molecular weight excluding hydrogens is 230 g/mol. The Morgan fingerprint density at radius 1 is 1.44 bits per heavy atom. The van der Waals surface area contributed by atoms with Gasteiger partial charge >= 0.3 is 0 Å². The van der Waals surface area contributed by atoms with E-state index in [-0.39, 0.29) is 5.91 Å². The van der Waals surface area contributed by atoms with Crippen molar-refractivity contribution >= 4 is 17.7 Å². The number of aromatic amines is 1. The number of imidazole rings is 1. The minimum absolute atomic E-state index is 0.0122. The fourth-order valence-electron chi connectivity index (χ4n) is 2.45. The second-order valence-corrected chi connectivity index (χ2v) is 5.16. The van der Waals surface area contributed by atoms with Crippen molar-refractivity contribution in [3.63, 3.8) is 0 Å². The van der Waals surface area contributed by atoms with E-state index in [1.165, 1.54) is 0 Å². The second kappa shape index (κ2) is 3.83. The predicted octanol–water partition coefficient (Wildman–Crippen LogP) is 1.01. The lowest BCUT2D eigenvalue weighted by Crippen LogP contribution is -2.51. The van der Waals surface area contributed by atoms with Crippen molar-refractivity contribution in [1.82, 2.24) is 14.9 Å². The number of hydrogen-bond donors (Lipinski definition) is 1. The summed E-state index contributed by atoms with van der Waals surface area (Å²) in [5.74, 6) is 2.72. The molecule has 6 nitrogen and oxygen atoms in total. The topological polar surface area (TPSA) is 64.6 Å². The Balaban J connectivity index is 2.10. The van der Waals surface area contributed by atoms with E-state index in [1.54, 1.807) is 4.90 Å². The molecule has 6 heteroatoms. The van der Waals surface area contributed by atoms with Crippen LogP contribution < -0.4 is 4.90 Å². The summed E-state index contributed by atoms with van der Waals surface area (Å²) in [6.07, 6.45) is 0. The third-order valence-electron chi connectivity index (χ3n) is 3.13. The number of nitrogens with one attached hydrogen (secondary N) is 1. The number of aryl methyl sites for hydroxylation is 1. The lowest BCUT2D eigenvalue weighted by molar-refractivity contribution is 0.0846. The number of guanidine groups is 1. The van der Waals surface area contributed by atoms with Gasteiger partial charge in [-0.2, -0.15) is 0 Å². The van der Waals surface area contributed by atoms with Crippen LogP contribution in [0.15, 0.2) is 4.99 Å². The largest absolute Gasteiger partial charge is 0.336 e.